The van der Waals surface area contributed by atoms with Crippen molar-refractivity contribution < 1.29 is 9.59 Å². The molecule has 0 aromatic carbocycles. The number of likely N-dealkylation sites (N-methyl/N-ethyl adjacent to an activating group) is 2. The van der Waals surface area contributed by atoms with Crippen molar-refractivity contribution in [2.45, 2.75) is 26.3 Å². The van der Waals surface area contributed by atoms with Crippen molar-refractivity contribution in [2.24, 2.45) is 5.92 Å². The third-order valence-electron chi connectivity index (χ3n) is 2.03. The van der Waals surface area contributed by atoms with Crippen molar-refractivity contribution in [3.63, 3.8) is 0 Å². The van der Waals surface area contributed by atoms with E-state index < -0.39 is 0 Å². The number of rotatable bonds is 5. The molecule has 14 heavy (non-hydrogen) atoms. The van der Waals surface area contributed by atoms with E-state index in [1.54, 1.807) is 27.6 Å². The molecule has 0 saturated heterocycles. The SMILES string of the molecule is CC(C)CC(C(=O)N(C)C)N(C)[C]=O. The molecule has 81 valence electrons. The van der Waals surface area contributed by atoms with Crippen molar-refractivity contribution in [1.29, 1.82) is 0 Å². The van der Waals surface area contributed by atoms with Gasteiger partial charge in [-0.25, -0.2) is 0 Å². The van der Waals surface area contributed by atoms with E-state index in [-0.39, 0.29) is 11.9 Å². The van der Waals surface area contributed by atoms with Crippen molar-refractivity contribution in [1.82, 2.24) is 9.80 Å². The molecule has 0 aliphatic carbocycles. The zero-order valence-electron chi connectivity index (χ0n) is 9.57. The Morgan fingerprint density at radius 1 is 1.29 bits per heavy atom. The van der Waals surface area contributed by atoms with Crippen LogP contribution in [-0.2, 0) is 9.59 Å². The molecule has 4 heteroatoms. The summed E-state index contributed by atoms with van der Waals surface area (Å²) in [5.74, 6) is 0.323. The van der Waals surface area contributed by atoms with Gasteiger partial charge in [0.1, 0.15) is 6.04 Å². The fraction of sp³-hybridized carbons (Fsp3) is 0.800. The molecule has 1 atom stereocenters. The smallest absolute Gasteiger partial charge is 0.312 e. The van der Waals surface area contributed by atoms with Gasteiger partial charge in [-0.15, -0.1) is 0 Å². The zero-order valence-corrected chi connectivity index (χ0v) is 9.57. The van der Waals surface area contributed by atoms with Crippen LogP contribution < -0.4 is 0 Å². The maximum absolute atomic E-state index is 11.7. The second-order valence-electron chi connectivity index (χ2n) is 4.08. The molecule has 4 nitrogen and oxygen atoms in total. The molecule has 0 aromatic heterocycles. The summed E-state index contributed by atoms with van der Waals surface area (Å²) in [6.07, 6.45) is 2.41. The Bertz CT molecular complexity index is 202. The Kier molecular flexibility index (Phi) is 5.20. The number of hydrogen-bond acceptors (Lipinski definition) is 2. The van der Waals surface area contributed by atoms with Crippen molar-refractivity contribution in [3.05, 3.63) is 0 Å². The van der Waals surface area contributed by atoms with Crippen molar-refractivity contribution in [2.75, 3.05) is 21.1 Å². The van der Waals surface area contributed by atoms with Gasteiger partial charge in [-0.05, 0) is 12.3 Å². The lowest BCUT2D eigenvalue weighted by atomic mass is 10.0. The summed E-state index contributed by atoms with van der Waals surface area (Å²) in [7, 11) is 4.96. The van der Waals surface area contributed by atoms with E-state index in [1.165, 1.54) is 9.80 Å². The lowest BCUT2D eigenvalue weighted by molar-refractivity contribution is -0.133. The molecule has 2 amide bonds. The Hall–Kier alpha value is -1.06. The summed E-state index contributed by atoms with van der Waals surface area (Å²) in [5, 5.41) is 0. The molecule has 0 aliphatic rings. The Morgan fingerprint density at radius 2 is 1.79 bits per heavy atom. The first-order valence-electron chi connectivity index (χ1n) is 4.72. The highest BCUT2D eigenvalue weighted by atomic mass is 16.2. The van der Waals surface area contributed by atoms with Crippen LogP contribution >= 0.6 is 0 Å². The molecular formula is C10H19N2O2. The quantitative estimate of drug-likeness (QED) is 0.605. The summed E-state index contributed by atoms with van der Waals surface area (Å²) < 4.78 is 0. The van der Waals surface area contributed by atoms with Crippen LogP contribution in [0.3, 0.4) is 0 Å². The normalized spacial score (nSPS) is 12.4. The van der Waals surface area contributed by atoms with E-state index in [0.717, 1.165) is 0 Å². The third-order valence-corrected chi connectivity index (χ3v) is 2.03. The molecule has 0 aliphatic heterocycles. The maximum Gasteiger partial charge on any atom is 0.312 e. The van der Waals surface area contributed by atoms with Gasteiger partial charge >= 0.3 is 6.41 Å². The van der Waals surface area contributed by atoms with Crippen LogP contribution in [0.4, 0.5) is 0 Å². The van der Waals surface area contributed by atoms with E-state index in [2.05, 4.69) is 0 Å². The molecule has 1 unspecified atom stereocenters. The first kappa shape index (κ1) is 12.9. The van der Waals surface area contributed by atoms with Crippen molar-refractivity contribution >= 4 is 12.3 Å². The topological polar surface area (TPSA) is 40.6 Å². The Labute approximate surface area is 85.9 Å². The fourth-order valence-corrected chi connectivity index (χ4v) is 1.23. The first-order chi connectivity index (χ1) is 6.40. The molecule has 0 heterocycles. The summed E-state index contributed by atoms with van der Waals surface area (Å²) in [6.45, 7) is 4.04. The average molecular weight is 199 g/mol. The van der Waals surface area contributed by atoms with E-state index in [9.17, 15) is 9.59 Å². The average Bonchev–Trinajstić information content (AvgIpc) is 2.11. The minimum absolute atomic E-state index is 0.0513. The lowest BCUT2D eigenvalue weighted by Gasteiger charge is -2.26. The van der Waals surface area contributed by atoms with Crippen LogP contribution in [-0.4, -0.2) is 49.3 Å². The molecule has 0 bridgehead atoms. The van der Waals surface area contributed by atoms with Crippen LogP contribution in [0.5, 0.6) is 0 Å². The van der Waals surface area contributed by atoms with Gasteiger partial charge in [0.05, 0.1) is 0 Å². The van der Waals surface area contributed by atoms with E-state index >= 15 is 0 Å². The highest BCUT2D eigenvalue weighted by Crippen LogP contribution is 2.10. The van der Waals surface area contributed by atoms with Gasteiger partial charge in [-0.3, -0.25) is 9.59 Å². The minimum Gasteiger partial charge on any atom is -0.347 e. The summed E-state index contributed by atoms with van der Waals surface area (Å²) >= 11 is 0. The standard InChI is InChI=1S/C10H19N2O2/c1-8(2)6-9(12(5)7-13)10(14)11(3)4/h8-9H,6H2,1-5H3. The Balaban J connectivity index is 4.54. The number of carbonyl (C=O) groups is 1. The van der Waals surface area contributed by atoms with Crippen LogP contribution in [0.25, 0.3) is 0 Å². The predicted octanol–water partition coefficient (Wildman–Crippen LogP) is 0.488. The highest BCUT2D eigenvalue weighted by molar-refractivity contribution is 5.83. The van der Waals surface area contributed by atoms with Gasteiger partial charge < -0.3 is 9.80 Å². The predicted molar refractivity (Wildman–Crippen MR) is 55.4 cm³/mol. The minimum atomic E-state index is -0.387. The molecule has 0 rings (SSSR count). The number of carbonyl (C=O) groups excluding carboxylic acids is 2. The van der Waals surface area contributed by atoms with Gasteiger partial charge in [-0.1, -0.05) is 13.8 Å². The molecule has 0 saturated carbocycles. The first-order valence-corrected chi connectivity index (χ1v) is 4.72. The monoisotopic (exact) mass is 199 g/mol. The third kappa shape index (κ3) is 3.77. The van der Waals surface area contributed by atoms with Gasteiger partial charge in [0.2, 0.25) is 5.91 Å². The van der Waals surface area contributed by atoms with Crippen LogP contribution in [0, 0.1) is 5.92 Å². The van der Waals surface area contributed by atoms with Gasteiger partial charge in [0.25, 0.3) is 0 Å². The number of nitrogens with zero attached hydrogens (tertiary/aromatic N) is 2. The summed E-state index contributed by atoms with van der Waals surface area (Å²) in [4.78, 5) is 25.0. The highest BCUT2D eigenvalue weighted by Gasteiger charge is 2.25. The van der Waals surface area contributed by atoms with Crippen LogP contribution in [0.15, 0.2) is 0 Å². The largest absolute Gasteiger partial charge is 0.347 e. The van der Waals surface area contributed by atoms with E-state index in [0.29, 0.717) is 12.3 Å². The second kappa shape index (κ2) is 5.62. The molecule has 1 radical (unpaired) electrons. The number of hydrogen-bond donors (Lipinski definition) is 0. The Morgan fingerprint density at radius 3 is 2.07 bits per heavy atom. The van der Waals surface area contributed by atoms with Gasteiger partial charge in [0.15, 0.2) is 0 Å². The van der Waals surface area contributed by atoms with Crippen LogP contribution in [0.2, 0.25) is 0 Å². The van der Waals surface area contributed by atoms with Gasteiger partial charge in [0, 0.05) is 21.1 Å². The van der Waals surface area contributed by atoms with E-state index in [4.69, 9.17) is 0 Å². The van der Waals surface area contributed by atoms with Crippen LogP contribution in [0.1, 0.15) is 20.3 Å². The number of amides is 2. The molecule has 0 N–H and O–H groups in total. The maximum atomic E-state index is 11.7. The summed E-state index contributed by atoms with van der Waals surface area (Å²) in [6, 6.07) is -0.387. The molecule has 0 aromatic rings. The summed E-state index contributed by atoms with van der Waals surface area (Å²) in [5.41, 5.74) is 0. The second-order valence-corrected chi connectivity index (χ2v) is 4.08. The van der Waals surface area contributed by atoms with Crippen molar-refractivity contribution in [3.8, 4) is 0 Å². The molecular weight excluding hydrogens is 180 g/mol. The zero-order chi connectivity index (χ0) is 11.3. The lowest BCUT2D eigenvalue weighted by Crippen LogP contribution is -2.44. The fourth-order valence-electron chi connectivity index (χ4n) is 1.23. The molecule has 0 fully saturated rings. The molecule has 0 spiro atoms. The van der Waals surface area contributed by atoms with Gasteiger partial charge in [-0.2, -0.15) is 0 Å². The van der Waals surface area contributed by atoms with E-state index in [1.807, 2.05) is 13.8 Å².